The van der Waals surface area contributed by atoms with Crippen LogP contribution < -0.4 is 10.6 Å². The number of hydrogen-bond donors (Lipinski definition) is 1. The third-order valence-corrected chi connectivity index (χ3v) is 2.95. The molecule has 78 valence electrons. The number of amides is 2. The third kappa shape index (κ3) is 1.68. The largest absolute Gasteiger partial charge is 0.319 e. The summed E-state index contributed by atoms with van der Waals surface area (Å²) in [6, 6.07) is 6.37. The molecule has 2 N–H and O–H groups in total. The second-order valence-corrected chi connectivity index (χ2v) is 4.18. The Morgan fingerprint density at radius 1 is 1.33 bits per heavy atom. The zero-order valence-electron chi connectivity index (χ0n) is 7.81. The summed E-state index contributed by atoms with van der Waals surface area (Å²) in [7, 11) is 0. The van der Waals surface area contributed by atoms with Crippen LogP contribution in [0.2, 0.25) is 0 Å². The Bertz CT molecular complexity index is 433. The van der Waals surface area contributed by atoms with Crippen molar-refractivity contribution < 1.29 is 9.59 Å². The summed E-state index contributed by atoms with van der Waals surface area (Å²) in [5.41, 5.74) is 6.08. The van der Waals surface area contributed by atoms with Gasteiger partial charge in [-0.25, -0.2) is 4.90 Å². The molecule has 15 heavy (non-hydrogen) atoms. The molecule has 0 spiro atoms. The van der Waals surface area contributed by atoms with Crippen LogP contribution in [0.1, 0.15) is 6.42 Å². The Balaban J connectivity index is 2.44. The number of imide groups is 1. The van der Waals surface area contributed by atoms with Crippen LogP contribution in [0.15, 0.2) is 28.7 Å². The van der Waals surface area contributed by atoms with Gasteiger partial charge in [0.05, 0.1) is 18.2 Å². The van der Waals surface area contributed by atoms with E-state index in [0.717, 1.165) is 4.90 Å². The molecule has 1 atom stereocenters. The fourth-order valence-electron chi connectivity index (χ4n) is 1.54. The normalized spacial score (nSPS) is 21.2. The highest BCUT2D eigenvalue weighted by Gasteiger charge is 2.37. The maximum Gasteiger partial charge on any atom is 0.251 e. The van der Waals surface area contributed by atoms with Crippen LogP contribution in [0.25, 0.3) is 0 Å². The lowest BCUT2D eigenvalue weighted by molar-refractivity contribution is -0.121. The van der Waals surface area contributed by atoms with Crippen molar-refractivity contribution in [1.29, 1.82) is 0 Å². The van der Waals surface area contributed by atoms with E-state index in [1.165, 1.54) is 0 Å². The predicted octanol–water partition coefficient (Wildman–Crippen LogP) is 1.04. The van der Waals surface area contributed by atoms with Crippen LogP contribution in [0.4, 0.5) is 5.69 Å². The summed E-state index contributed by atoms with van der Waals surface area (Å²) in [5.74, 6) is -0.591. The van der Waals surface area contributed by atoms with E-state index in [1.54, 1.807) is 18.2 Å². The van der Waals surface area contributed by atoms with E-state index in [2.05, 4.69) is 15.9 Å². The Kier molecular flexibility index (Phi) is 2.58. The maximum absolute atomic E-state index is 11.6. The fraction of sp³-hybridized carbons (Fsp3) is 0.200. The van der Waals surface area contributed by atoms with Crippen molar-refractivity contribution in [3.63, 3.8) is 0 Å². The maximum atomic E-state index is 11.6. The average molecular weight is 269 g/mol. The molecule has 0 saturated carbocycles. The summed E-state index contributed by atoms with van der Waals surface area (Å²) in [4.78, 5) is 24.3. The van der Waals surface area contributed by atoms with E-state index in [-0.39, 0.29) is 18.2 Å². The number of carbonyl (C=O) groups excluding carboxylic acids is 2. The molecule has 5 heteroatoms. The van der Waals surface area contributed by atoms with Crippen molar-refractivity contribution in [1.82, 2.24) is 0 Å². The summed E-state index contributed by atoms with van der Waals surface area (Å²) < 4.78 is 0.709. The van der Waals surface area contributed by atoms with Gasteiger partial charge >= 0.3 is 0 Å². The average Bonchev–Trinajstić information content (AvgIpc) is 2.43. The topological polar surface area (TPSA) is 63.4 Å². The standard InChI is InChI=1S/C10H9BrN2O2/c11-6-3-1-2-4-8(6)13-9(14)5-7(12)10(13)15/h1-4,7H,5,12H2. The van der Waals surface area contributed by atoms with Gasteiger partial charge in [0.2, 0.25) is 5.91 Å². The zero-order valence-corrected chi connectivity index (χ0v) is 9.40. The lowest BCUT2D eigenvalue weighted by atomic mass is 10.3. The van der Waals surface area contributed by atoms with Crippen LogP contribution >= 0.6 is 15.9 Å². The minimum Gasteiger partial charge on any atom is -0.319 e. The molecule has 2 rings (SSSR count). The first-order valence-electron chi connectivity index (χ1n) is 4.48. The number of carbonyl (C=O) groups is 2. The van der Waals surface area contributed by atoms with Gasteiger partial charge in [-0.2, -0.15) is 0 Å². The smallest absolute Gasteiger partial charge is 0.251 e. The number of rotatable bonds is 1. The van der Waals surface area contributed by atoms with Crippen LogP contribution in [-0.4, -0.2) is 17.9 Å². The van der Waals surface area contributed by atoms with Gasteiger partial charge in [0.25, 0.3) is 5.91 Å². The minimum absolute atomic E-state index is 0.0835. The van der Waals surface area contributed by atoms with Crippen LogP contribution in [0.3, 0.4) is 0 Å². The van der Waals surface area contributed by atoms with Gasteiger partial charge < -0.3 is 5.73 Å². The first-order chi connectivity index (χ1) is 7.11. The van der Waals surface area contributed by atoms with Crippen molar-refractivity contribution >= 4 is 33.4 Å². The molecule has 0 aromatic heterocycles. The van der Waals surface area contributed by atoms with Gasteiger partial charge in [-0.05, 0) is 28.1 Å². The first-order valence-corrected chi connectivity index (χ1v) is 5.27. The van der Waals surface area contributed by atoms with Gasteiger partial charge in [0, 0.05) is 4.47 Å². The van der Waals surface area contributed by atoms with Crippen molar-refractivity contribution in [2.45, 2.75) is 12.5 Å². The number of para-hydroxylation sites is 1. The summed E-state index contributed by atoms with van der Waals surface area (Å²) >= 11 is 3.29. The molecule has 1 aromatic carbocycles. The van der Waals surface area contributed by atoms with Crippen LogP contribution in [0.5, 0.6) is 0 Å². The zero-order chi connectivity index (χ0) is 11.0. The van der Waals surface area contributed by atoms with Gasteiger partial charge in [-0.1, -0.05) is 12.1 Å². The third-order valence-electron chi connectivity index (χ3n) is 2.27. The molecular weight excluding hydrogens is 260 g/mol. The Morgan fingerprint density at radius 3 is 2.53 bits per heavy atom. The first kappa shape index (κ1) is 10.3. The van der Waals surface area contributed by atoms with E-state index in [0.29, 0.717) is 10.2 Å². The summed E-state index contributed by atoms with van der Waals surface area (Å²) in [6.45, 7) is 0. The molecule has 4 nitrogen and oxygen atoms in total. The monoisotopic (exact) mass is 268 g/mol. The molecule has 0 radical (unpaired) electrons. The highest BCUT2D eigenvalue weighted by Crippen LogP contribution is 2.29. The number of benzene rings is 1. The number of nitrogens with two attached hydrogens (primary N) is 1. The Morgan fingerprint density at radius 2 is 2.00 bits per heavy atom. The molecule has 1 heterocycles. The van der Waals surface area contributed by atoms with E-state index >= 15 is 0 Å². The molecule has 1 aromatic rings. The van der Waals surface area contributed by atoms with Crippen molar-refractivity contribution in [2.75, 3.05) is 4.90 Å². The van der Waals surface area contributed by atoms with Gasteiger partial charge in [0.1, 0.15) is 0 Å². The SMILES string of the molecule is NC1CC(=O)N(c2ccccc2Br)C1=O. The van der Waals surface area contributed by atoms with Gasteiger partial charge in [0.15, 0.2) is 0 Å². The van der Waals surface area contributed by atoms with E-state index in [1.807, 2.05) is 6.07 Å². The lowest BCUT2D eigenvalue weighted by Gasteiger charge is -2.15. The fourth-order valence-corrected chi connectivity index (χ4v) is 2.00. The minimum atomic E-state index is -0.704. The summed E-state index contributed by atoms with van der Waals surface area (Å²) in [6.07, 6.45) is 0.0835. The van der Waals surface area contributed by atoms with E-state index < -0.39 is 6.04 Å². The Hall–Kier alpha value is -1.20. The van der Waals surface area contributed by atoms with Gasteiger partial charge in [-0.15, -0.1) is 0 Å². The quantitative estimate of drug-likeness (QED) is 0.775. The van der Waals surface area contributed by atoms with Crippen molar-refractivity contribution in [2.24, 2.45) is 5.73 Å². The summed E-state index contributed by atoms with van der Waals surface area (Å²) in [5, 5.41) is 0. The predicted molar refractivity (Wildman–Crippen MR) is 59.2 cm³/mol. The second-order valence-electron chi connectivity index (χ2n) is 3.33. The molecule has 0 aliphatic carbocycles. The van der Waals surface area contributed by atoms with E-state index in [9.17, 15) is 9.59 Å². The second kappa shape index (κ2) is 3.75. The molecule has 2 amide bonds. The van der Waals surface area contributed by atoms with Crippen LogP contribution in [-0.2, 0) is 9.59 Å². The number of anilines is 1. The number of nitrogens with zero attached hydrogens (tertiary/aromatic N) is 1. The Labute approximate surface area is 95.2 Å². The van der Waals surface area contributed by atoms with Crippen molar-refractivity contribution in [3.8, 4) is 0 Å². The number of halogens is 1. The molecule has 1 saturated heterocycles. The molecule has 0 bridgehead atoms. The highest BCUT2D eigenvalue weighted by atomic mass is 79.9. The molecule has 1 fully saturated rings. The van der Waals surface area contributed by atoms with Crippen LogP contribution in [0, 0.1) is 0 Å². The van der Waals surface area contributed by atoms with Crippen molar-refractivity contribution in [3.05, 3.63) is 28.7 Å². The van der Waals surface area contributed by atoms with E-state index in [4.69, 9.17) is 5.73 Å². The molecule has 1 aliphatic heterocycles. The molecule has 1 unspecified atom stereocenters. The molecule has 1 aliphatic rings. The lowest BCUT2D eigenvalue weighted by Crippen LogP contribution is -2.35. The highest BCUT2D eigenvalue weighted by molar-refractivity contribution is 9.10. The number of hydrogen-bond acceptors (Lipinski definition) is 3. The van der Waals surface area contributed by atoms with Gasteiger partial charge in [-0.3, -0.25) is 9.59 Å². The molecular formula is C10H9BrN2O2.